The molecule has 0 atom stereocenters. The summed E-state index contributed by atoms with van der Waals surface area (Å²) in [6, 6.07) is 2.23. The molecule has 1 heterocycles. The maximum absolute atomic E-state index is 14.5. The van der Waals surface area contributed by atoms with Gasteiger partial charge >= 0.3 is 6.11 Å². The van der Waals surface area contributed by atoms with E-state index in [1.165, 1.54) is 0 Å². The van der Waals surface area contributed by atoms with Crippen LogP contribution in [0.3, 0.4) is 0 Å². The Morgan fingerprint density at radius 1 is 1.00 bits per heavy atom. The van der Waals surface area contributed by atoms with Crippen molar-refractivity contribution in [3.8, 4) is 5.75 Å². The van der Waals surface area contributed by atoms with Crippen LogP contribution >= 0.6 is 11.6 Å². The molecule has 0 amide bonds. The number of hydrogen-bond donors (Lipinski definition) is 0. The van der Waals surface area contributed by atoms with Crippen LogP contribution in [0.15, 0.2) is 24.3 Å². The van der Waals surface area contributed by atoms with Gasteiger partial charge in [0.15, 0.2) is 29.6 Å². The van der Waals surface area contributed by atoms with Gasteiger partial charge in [-0.15, -0.1) is 0 Å². The molecule has 0 N–H and O–H groups in total. The van der Waals surface area contributed by atoms with Gasteiger partial charge in [0, 0.05) is 23.6 Å². The van der Waals surface area contributed by atoms with Crippen LogP contribution in [0, 0.1) is 29.2 Å². The third kappa shape index (κ3) is 4.06. The van der Waals surface area contributed by atoms with E-state index >= 15 is 0 Å². The van der Waals surface area contributed by atoms with Crippen molar-refractivity contribution in [2.24, 2.45) is 5.92 Å². The second kappa shape index (κ2) is 7.81. The van der Waals surface area contributed by atoms with Crippen molar-refractivity contribution in [2.45, 2.75) is 19.3 Å². The fourth-order valence-corrected chi connectivity index (χ4v) is 2.83. The smallest absolute Gasteiger partial charge is 0.428 e. The van der Waals surface area contributed by atoms with Crippen molar-refractivity contribution in [1.29, 1.82) is 0 Å². The summed E-state index contributed by atoms with van der Waals surface area (Å²) in [5.74, 6) is -7.42. The Bertz CT molecular complexity index is 861. The van der Waals surface area contributed by atoms with Gasteiger partial charge in [0.1, 0.15) is 5.75 Å². The summed E-state index contributed by atoms with van der Waals surface area (Å²) in [5.41, 5.74) is -1.28. The van der Waals surface area contributed by atoms with Gasteiger partial charge < -0.3 is 14.2 Å². The van der Waals surface area contributed by atoms with Crippen molar-refractivity contribution in [3.63, 3.8) is 0 Å². The first-order valence-electron chi connectivity index (χ1n) is 8.03. The number of benzene rings is 2. The molecule has 2 aromatic carbocycles. The van der Waals surface area contributed by atoms with E-state index < -0.39 is 52.0 Å². The van der Waals surface area contributed by atoms with Gasteiger partial charge in [-0.3, -0.25) is 0 Å². The normalized spacial score (nSPS) is 20.3. The predicted octanol–water partition coefficient (Wildman–Crippen LogP) is 5.71. The van der Waals surface area contributed by atoms with Gasteiger partial charge in [-0.2, -0.15) is 8.78 Å². The topological polar surface area (TPSA) is 27.7 Å². The molecule has 10 heteroatoms. The first kappa shape index (κ1) is 20.8. The van der Waals surface area contributed by atoms with Gasteiger partial charge in [-0.05, 0) is 6.07 Å². The Balaban J connectivity index is 1.89. The third-order valence-electron chi connectivity index (χ3n) is 3.95. The number of hydrogen-bond acceptors (Lipinski definition) is 3. The Morgan fingerprint density at radius 2 is 1.57 bits per heavy atom. The van der Waals surface area contributed by atoms with Gasteiger partial charge in [0.2, 0.25) is 0 Å². The lowest BCUT2D eigenvalue weighted by molar-refractivity contribution is -0.203. The summed E-state index contributed by atoms with van der Waals surface area (Å²) >= 11 is 5.73. The van der Waals surface area contributed by atoms with Crippen LogP contribution in [0.1, 0.15) is 24.3 Å². The molecular formula is C18H13ClF6O3. The summed E-state index contributed by atoms with van der Waals surface area (Å²) in [6.07, 6.45) is -5.38. The zero-order chi connectivity index (χ0) is 20.6. The molecule has 0 aliphatic carbocycles. The van der Waals surface area contributed by atoms with E-state index in [2.05, 4.69) is 4.74 Å². The molecule has 0 bridgehead atoms. The molecule has 28 heavy (non-hydrogen) atoms. The zero-order valence-corrected chi connectivity index (χ0v) is 15.0. The summed E-state index contributed by atoms with van der Waals surface area (Å²) in [4.78, 5) is 0. The minimum absolute atomic E-state index is 0.0864. The Morgan fingerprint density at radius 3 is 2.14 bits per heavy atom. The van der Waals surface area contributed by atoms with Crippen molar-refractivity contribution < 1.29 is 40.6 Å². The molecule has 1 saturated heterocycles. The van der Waals surface area contributed by atoms with Crippen LogP contribution in [0.25, 0.3) is 0 Å². The third-order valence-corrected chi connectivity index (χ3v) is 4.32. The molecule has 0 aromatic heterocycles. The highest BCUT2D eigenvalue weighted by molar-refractivity contribution is 6.31. The lowest BCUT2D eigenvalue weighted by Gasteiger charge is -2.28. The molecule has 3 nitrogen and oxygen atoms in total. The van der Waals surface area contributed by atoms with Crippen LogP contribution in [0.2, 0.25) is 5.02 Å². The molecule has 2 aromatic rings. The van der Waals surface area contributed by atoms with Crippen molar-refractivity contribution >= 4 is 11.6 Å². The number of alkyl halides is 2. The van der Waals surface area contributed by atoms with Crippen LogP contribution < -0.4 is 4.74 Å². The zero-order valence-electron chi connectivity index (χ0n) is 14.2. The summed E-state index contributed by atoms with van der Waals surface area (Å²) < 4.78 is 97.5. The molecule has 3 rings (SSSR count). The first-order valence-corrected chi connectivity index (χ1v) is 8.41. The average Bonchev–Trinajstić information content (AvgIpc) is 2.62. The van der Waals surface area contributed by atoms with Crippen molar-refractivity contribution in [1.82, 2.24) is 0 Å². The van der Waals surface area contributed by atoms with E-state index in [1.807, 2.05) is 6.92 Å². The van der Waals surface area contributed by atoms with Crippen LogP contribution in [-0.2, 0) is 15.6 Å². The van der Waals surface area contributed by atoms with Crippen LogP contribution in [-0.4, -0.2) is 13.2 Å². The van der Waals surface area contributed by atoms with Crippen molar-refractivity contribution in [2.75, 3.05) is 13.2 Å². The maximum atomic E-state index is 14.5. The lowest BCUT2D eigenvalue weighted by atomic mass is 10.1. The van der Waals surface area contributed by atoms with E-state index in [-0.39, 0.29) is 36.8 Å². The van der Waals surface area contributed by atoms with E-state index in [4.69, 9.17) is 21.1 Å². The fourth-order valence-electron chi connectivity index (χ4n) is 2.54. The number of halogens is 7. The Hall–Kier alpha value is -1.97. The Kier molecular flexibility index (Phi) is 5.79. The largest absolute Gasteiger partial charge is 0.429 e. The van der Waals surface area contributed by atoms with E-state index in [0.29, 0.717) is 0 Å². The molecule has 1 aliphatic heterocycles. The van der Waals surface area contributed by atoms with E-state index in [1.54, 1.807) is 0 Å². The molecule has 0 saturated carbocycles. The molecule has 1 aliphatic rings. The van der Waals surface area contributed by atoms with Crippen LogP contribution in [0.4, 0.5) is 26.3 Å². The predicted molar refractivity (Wildman–Crippen MR) is 86.1 cm³/mol. The highest BCUT2D eigenvalue weighted by Crippen LogP contribution is 2.40. The van der Waals surface area contributed by atoms with Gasteiger partial charge in [0.05, 0.1) is 23.8 Å². The highest BCUT2D eigenvalue weighted by atomic mass is 35.5. The first-order chi connectivity index (χ1) is 13.1. The minimum Gasteiger partial charge on any atom is -0.429 e. The maximum Gasteiger partial charge on any atom is 0.428 e. The lowest BCUT2D eigenvalue weighted by Crippen LogP contribution is -2.27. The average molecular weight is 427 g/mol. The standard InChI is InChI=1S/C18H13ClF6O3/c1-8-6-26-17(27-7-8)10-2-3-11(14(19)15(10)22)18(24,25)28-9-4-12(20)16(23)13(21)5-9/h2-5,8,17H,6-7H2,1H3. The molecule has 1 fully saturated rings. The van der Waals surface area contributed by atoms with E-state index in [9.17, 15) is 26.3 Å². The van der Waals surface area contributed by atoms with Crippen molar-refractivity contribution in [3.05, 3.63) is 63.7 Å². The highest BCUT2D eigenvalue weighted by Gasteiger charge is 2.39. The monoisotopic (exact) mass is 426 g/mol. The van der Waals surface area contributed by atoms with Gasteiger partial charge in [0.25, 0.3) is 0 Å². The SMILES string of the molecule is CC1COC(c2ccc(C(F)(F)Oc3cc(F)c(F)c(F)c3)c(Cl)c2F)OC1. The molecule has 0 radical (unpaired) electrons. The second-order valence-electron chi connectivity index (χ2n) is 6.25. The molecule has 0 spiro atoms. The summed E-state index contributed by atoms with van der Waals surface area (Å²) in [5, 5.41) is -0.976. The van der Waals surface area contributed by atoms with Gasteiger partial charge in [-0.25, -0.2) is 17.6 Å². The van der Waals surface area contributed by atoms with Gasteiger partial charge in [-0.1, -0.05) is 24.6 Å². The minimum atomic E-state index is -4.27. The summed E-state index contributed by atoms with van der Waals surface area (Å²) in [7, 11) is 0. The Labute approximate surface area is 160 Å². The van der Waals surface area contributed by atoms with E-state index in [0.717, 1.165) is 12.1 Å². The summed E-state index contributed by atoms with van der Waals surface area (Å²) in [6.45, 7) is 2.41. The molecule has 0 unspecified atom stereocenters. The number of ether oxygens (including phenoxy) is 3. The van der Waals surface area contributed by atoms with Crippen LogP contribution in [0.5, 0.6) is 5.75 Å². The number of rotatable bonds is 4. The molecular weight excluding hydrogens is 414 g/mol. The quantitative estimate of drug-likeness (QED) is 0.463. The molecule has 152 valence electrons. The second-order valence-corrected chi connectivity index (χ2v) is 6.63. The fraction of sp³-hybridized carbons (Fsp3) is 0.333.